The fourth-order valence-electron chi connectivity index (χ4n) is 2.67. The van der Waals surface area contributed by atoms with Crippen LogP contribution < -0.4 is 11.1 Å². The lowest BCUT2D eigenvalue weighted by atomic mass is 9.97. The molecule has 3 N–H and O–H groups in total. The number of hydrogen-bond acceptors (Lipinski definition) is 4. The molecule has 0 amide bonds. The summed E-state index contributed by atoms with van der Waals surface area (Å²) in [6.07, 6.45) is 3.36. The zero-order valence-electron chi connectivity index (χ0n) is 13.6. The van der Waals surface area contributed by atoms with Crippen molar-refractivity contribution < 1.29 is 0 Å². The molecule has 1 aromatic carbocycles. The fraction of sp³-hybridized carbons (Fsp3) is 0.158. The van der Waals surface area contributed by atoms with E-state index in [1.54, 1.807) is 18.5 Å². The maximum absolute atomic E-state index is 6.40. The van der Waals surface area contributed by atoms with E-state index in [4.69, 9.17) is 17.3 Å². The topological polar surface area (TPSA) is 63.8 Å². The second kappa shape index (κ2) is 6.89. The van der Waals surface area contributed by atoms with E-state index in [0.717, 1.165) is 22.5 Å². The molecule has 0 aliphatic heterocycles. The number of nitrogens with one attached hydrogen (secondary N) is 1. The van der Waals surface area contributed by atoms with Crippen molar-refractivity contribution >= 4 is 23.1 Å². The van der Waals surface area contributed by atoms with Crippen LogP contribution in [0.2, 0.25) is 5.02 Å². The van der Waals surface area contributed by atoms with E-state index in [0.29, 0.717) is 16.4 Å². The number of aromatic nitrogens is 2. The van der Waals surface area contributed by atoms with E-state index < -0.39 is 0 Å². The highest BCUT2D eigenvalue weighted by Crippen LogP contribution is 2.40. The standard InChI is InChI=1S/C19H19ClN4/c1-12(2)24-15-9-11-22-18(16(15)13-6-4-3-5-7-13)17-14(20)8-10-23-19(17)21/h3-12H,1-2H3,(H2,21,23)(H,22,24). The van der Waals surface area contributed by atoms with Gasteiger partial charge in [-0.15, -0.1) is 0 Å². The summed E-state index contributed by atoms with van der Waals surface area (Å²) in [5.74, 6) is 0.369. The van der Waals surface area contributed by atoms with E-state index in [1.165, 1.54) is 0 Å². The van der Waals surface area contributed by atoms with Crippen molar-refractivity contribution in [2.75, 3.05) is 11.1 Å². The van der Waals surface area contributed by atoms with Crippen LogP contribution in [0.15, 0.2) is 54.9 Å². The van der Waals surface area contributed by atoms with E-state index in [1.807, 2.05) is 36.4 Å². The van der Waals surface area contributed by atoms with Crippen LogP contribution in [0, 0.1) is 0 Å². The van der Waals surface area contributed by atoms with E-state index >= 15 is 0 Å². The Balaban J connectivity index is 2.31. The largest absolute Gasteiger partial charge is 0.383 e. The molecule has 0 radical (unpaired) electrons. The van der Waals surface area contributed by atoms with Gasteiger partial charge in [-0.3, -0.25) is 4.98 Å². The first-order chi connectivity index (χ1) is 11.6. The summed E-state index contributed by atoms with van der Waals surface area (Å²) in [4.78, 5) is 8.75. The number of nitrogens with two attached hydrogens (primary N) is 1. The van der Waals surface area contributed by atoms with Crippen molar-refractivity contribution in [2.45, 2.75) is 19.9 Å². The number of hydrogen-bond donors (Lipinski definition) is 2. The van der Waals surface area contributed by atoms with Crippen molar-refractivity contribution in [3.8, 4) is 22.4 Å². The monoisotopic (exact) mass is 338 g/mol. The first-order valence-corrected chi connectivity index (χ1v) is 8.17. The number of anilines is 2. The Kier molecular flexibility index (Phi) is 4.67. The van der Waals surface area contributed by atoms with Crippen molar-refractivity contribution in [1.29, 1.82) is 0 Å². The molecule has 122 valence electrons. The summed E-state index contributed by atoms with van der Waals surface area (Å²) >= 11 is 6.40. The van der Waals surface area contributed by atoms with Gasteiger partial charge in [0.25, 0.3) is 0 Å². The molecule has 0 atom stereocenters. The van der Waals surface area contributed by atoms with E-state index in [2.05, 4.69) is 29.1 Å². The average molecular weight is 339 g/mol. The lowest BCUT2D eigenvalue weighted by molar-refractivity contribution is 0.899. The van der Waals surface area contributed by atoms with Crippen LogP contribution in [0.1, 0.15) is 13.8 Å². The summed E-state index contributed by atoms with van der Waals surface area (Å²) in [7, 11) is 0. The minimum Gasteiger partial charge on any atom is -0.383 e. The Labute approximate surface area is 146 Å². The molecule has 24 heavy (non-hydrogen) atoms. The molecule has 0 aliphatic rings. The molecule has 0 fully saturated rings. The Bertz CT molecular complexity index is 827. The summed E-state index contributed by atoms with van der Waals surface area (Å²) in [5.41, 5.74) is 10.5. The third kappa shape index (κ3) is 3.19. The number of rotatable bonds is 4. The van der Waals surface area contributed by atoms with Gasteiger partial charge in [-0.05, 0) is 31.5 Å². The van der Waals surface area contributed by atoms with Gasteiger partial charge in [-0.2, -0.15) is 0 Å². The Morgan fingerprint density at radius 2 is 1.67 bits per heavy atom. The summed E-state index contributed by atoms with van der Waals surface area (Å²) in [6.45, 7) is 4.20. The molecule has 3 aromatic rings. The third-order valence-corrected chi connectivity index (χ3v) is 3.94. The van der Waals surface area contributed by atoms with Crippen LogP contribution in [-0.2, 0) is 0 Å². The van der Waals surface area contributed by atoms with Crippen LogP contribution in [0.4, 0.5) is 11.5 Å². The summed E-state index contributed by atoms with van der Waals surface area (Å²) < 4.78 is 0. The quantitative estimate of drug-likeness (QED) is 0.712. The predicted octanol–water partition coefficient (Wildman–Crippen LogP) is 4.87. The van der Waals surface area contributed by atoms with Crippen molar-refractivity contribution in [3.63, 3.8) is 0 Å². The average Bonchev–Trinajstić information content (AvgIpc) is 2.55. The predicted molar refractivity (Wildman–Crippen MR) is 101 cm³/mol. The van der Waals surface area contributed by atoms with Gasteiger partial charge in [-0.1, -0.05) is 41.9 Å². The normalized spacial score (nSPS) is 10.8. The molecular formula is C19H19ClN4. The zero-order chi connectivity index (χ0) is 17.1. The fourth-order valence-corrected chi connectivity index (χ4v) is 2.91. The van der Waals surface area contributed by atoms with E-state index in [9.17, 15) is 0 Å². The lowest BCUT2D eigenvalue weighted by Gasteiger charge is -2.19. The Morgan fingerprint density at radius 3 is 2.33 bits per heavy atom. The molecule has 0 bridgehead atoms. The molecular weight excluding hydrogens is 320 g/mol. The van der Waals surface area contributed by atoms with Crippen molar-refractivity contribution in [1.82, 2.24) is 9.97 Å². The number of halogens is 1. The van der Waals surface area contributed by atoms with Gasteiger partial charge in [0, 0.05) is 29.7 Å². The minimum absolute atomic E-state index is 0.282. The highest BCUT2D eigenvalue weighted by Gasteiger charge is 2.19. The highest BCUT2D eigenvalue weighted by atomic mass is 35.5. The van der Waals surface area contributed by atoms with Crippen LogP contribution in [0.3, 0.4) is 0 Å². The summed E-state index contributed by atoms with van der Waals surface area (Å²) in [5, 5.41) is 4.01. The molecule has 0 spiro atoms. The van der Waals surface area contributed by atoms with Gasteiger partial charge in [0.2, 0.25) is 0 Å². The molecule has 3 rings (SSSR count). The van der Waals surface area contributed by atoms with Gasteiger partial charge >= 0.3 is 0 Å². The highest BCUT2D eigenvalue weighted by molar-refractivity contribution is 6.34. The number of nitrogen functional groups attached to an aromatic ring is 1. The molecule has 2 aromatic heterocycles. The maximum atomic E-state index is 6.40. The number of nitrogens with zero attached hydrogens (tertiary/aromatic N) is 2. The Morgan fingerprint density at radius 1 is 0.958 bits per heavy atom. The van der Waals surface area contributed by atoms with Crippen molar-refractivity contribution in [2.24, 2.45) is 0 Å². The molecule has 4 nitrogen and oxygen atoms in total. The van der Waals surface area contributed by atoms with Crippen LogP contribution in [0.5, 0.6) is 0 Å². The minimum atomic E-state index is 0.282. The SMILES string of the molecule is CC(C)Nc1ccnc(-c2c(Cl)ccnc2N)c1-c1ccccc1. The molecule has 0 aliphatic carbocycles. The molecule has 0 unspecified atom stereocenters. The third-order valence-electron chi connectivity index (χ3n) is 3.62. The van der Waals surface area contributed by atoms with Gasteiger partial charge < -0.3 is 11.1 Å². The zero-order valence-corrected chi connectivity index (χ0v) is 14.4. The van der Waals surface area contributed by atoms with Gasteiger partial charge in [-0.25, -0.2) is 4.98 Å². The number of benzene rings is 1. The van der Waals surface area contributed by atoms with Crippen molar-refractivity contribution in [3.05, 3.63) is 59.9 Å². The lowest BCUT2D eigenvalue weighted by Crippen LogP contribution is -2.11. The second-order valence-electron chi connectivity index (χ2n) is 5.80. The van der Waals surface area contributed by atoms with Crippen LogP contribution in [0.25, 0.3) is 22.4 Å². The Hall–Kier alpha value is -2.59. The first kappa shape index (κ1) is 16.3. The summed E-state index contributed by atoms with van der Waals surface area (Å²) in [6, 6.07) is 14.1. The smallest absolute Gasteiger partial charge is 0.134 e. The molecule has 2 heterocycles. The molecule has 0 saturated heterocycles. The second-order valence-corrected chi connectivity index (χ2v) is 6.21. The van der Waals surface area contributed by atoms with Gasteiger partial charge in [0.1, 0.15) is 5.82 Å². The molecule has 5 heteroatoms. The maximum Gasteiger partial charge on any atom is 0.134 e. The van der Waals surface area contributed by atoms with E-state index in [-0.39, 0.29) is 6.04 Å². The van der Waals surface area contributed by atoms with Crippen LogP contribution in [-0.4, -0.2) is 16.0 Å². The first-order valence-electron chi connectivity index (χ1n) is 7.79. The van der Waals surface area contributed by atoms with Gasteiger partial charge in [0.15, 0.2) is 0 Å². The van der Waals surface area contributed by atoms with Gasteiger partial charge in [0.05, 0.1) is 16.3 Å². The van der Waals surface area contributed by atoms with Crippen LogP contribution >= 0.6 is 11.6 Å². The molecule has 0 saturated carbocycles. The number of pyridine rings is 2.